The Balaban J connectivity index is 2.62. The lowest BCUT2D eigenvalue weighted by atomic mass is 10.2. The number of nitrogens with two attached hydrogens (primary N) is 1. The largest absolute Gasteiger partial charge is 0.399 e. The summed E-state index contributed by atoms with van der Waals surface area (Å²) in [6.45, 7) is 7.32. The quantitative estimate of drug-likeness (QED) is 0.767. The van der Waals surface area contributed by atoms with Gasteiger partial charge < -0.3 is 16.0 Å². The van der Waals surface area contributed by atoms with Crippen molar-refractivity contribution in [3.05, 3.63) is 24.3 Å². The molecule has 0 aliphatic rings. The van der Waals surface area contributed by atoms with Gasteiger partial charge in [-0.3, -0.25) is 4.79 Å². The second-order valence-electron chi connectivity index (χ2n) is 4.00. The van der Waals surface area contributed by atoms with Crippen molar-refractivity contribution in [2.75, 3.05) is 24.1 Å². The van der Waals surface area contributed by atoms with E-state index < -0.39 is 0 Å². The summed E-state index contributed by atoms with van der Waals surface area (Å²) in [6, 6.07) is 7.16. The molecule has 0 fully saturated rings. The van der Waals surface area contributed by atoms with Crippen molar-refractivity contribution in [2.24, 2.45) is 0 Å². The van der Waals surface area contributed by atoms with Gasteiger partial charge in [-0.05, 0) is 45.0 Å². The van der Waals surface area contributed by atoms with Crippen molar-refractivity contribution in [3.8, 4) is 0 Å². The van der Waals surface area contributed by atoms with Crippen molar-refractivity contribution in [3.63, 3.8) is 0 Å². The number of carbonyl (C=O) groups excluding carboxylic acids is 1. The summed E-state index contributed by atoms with van der Waals surface area (Å²) in [6.07, 6.45) is 0. The van der Waals surface area contributed by atoms with E-state index in [1.807, 2.05) is 49.9 Å². The predicted molar refractivity (Wildman–Crippen MR) is 71.9 cm³/mol. The summed E-state index contributed by atoms with van der Waals surface area (Å²) >= 11 is 0. The van der Waals surface area contributed by atoms with Crippen LogP contribution >= 0.6 is 0 Å². The van der Waals surface area contributed by atoms with Gasteiger partial charge in [0.25, 0.3) is 0 Å². The van der Waals surface area contributed by atoms with E-state index in [4.69, 9.17) is 5.73 Å². The Hall–Kier alpha value is -1.71. The van der Waals surface area contributed by atoms with Crippen LogP contribution in [0.1, 0.15) is 20.8 Å². The highest BCUT2D eigenvalue weighted by Gasteiger charge is 2.17. The van der Waals surface area contributed by atoms with Gasteiger partial charge in [0.2, 0.25) is 5.91 Å². The average Bonchev–Trinajstić information content (AvgIpc) is 2.33. The number of nitrogens with zero attached hydrogens (tertiary/aromatic N) is 1. The minimum Gasteiger partial charge on any atom is -0.399 e. The van der Waals surface area contributed by atoms with Crippen LogP contribution in [0.15, 0.2) is 24.3 Å². The summed E-state index contributed by atoms with van der Waals surface area (Å²) in [5.41, 5.74) is 7.24. The number of nitrogens with one attached hydrogen (secondary N) is 1. The number of anilines is 2. The van der Waals surface area contributed by atoms with E-state index in [1.165, 1.54) is 0 Å². The molecule has 1 unspecified atom stereocenters. The molecule has 1 amide bonds. The van der Waals surface area contributed by atoms with E-state index >= 15 is 0 Å². The molecule has 1 rings (SSSR count). The molecular formula is C13H21N3O. The molecule has 0 radical (unpaired) electrons. The van der Waals surface area contributed by atoms with Crippen LogP contribution in [-0.4, -0.2) is 29.9 Å². The first-order chi connectivity index (χ1) is 8.08. The monoisotopic (exact) mass is 235 g/mol. The van der Waals surface area contributed by atoms with Gasteiger partial charge in [-0.25, -0.2) is 0 Å². The molecule has 0 aliphatic heterocycles. The molecule has 0 spiro atoms. The molecule has 0 aromatic heterocycles. The normalized spacial score (nSPS) is 11.9. The summed E-state index contributed by atoms with van der Waals surface area (Å²) < 4.78 is 0. The Morgan fingerprint density at radius 2 is 1.82 bits per heavy atom. The molecular weight excluding hydrogens is 214 g/mol. The van der Waals surface area contributed by atoms with Gasteiger partial charge in [0, 0.05) is 24.5 Å². The number of nitrogen functional groups attached to an aromatic ring is 1. The fourth-order valence-corrected chi connectivity index (χ4v) is 1.70. The molecule has 4 heteroatoms. The van der Waals surface area contributed by atoms with E-state index in [9.17, 15) is 4.79 Å². The third-order valence-corrected chi connectivity index (χ3v) is 2.74. The minimum absolute atomic E-state index is 0.117. The summed E-state index contributed by atoms with van der Waals surface area (Å²) in [5.74, 6) is 0.117. The number of carbonyl (C=O) groups is 1. The van der Waals surface area contributed by atoms with Crippen LogP contribution in [0.5, 0.6) is 0 Å². The molecule has 0 heterocycles. The number of hydrogen-bond donors (Lipinski definition) is 2. The molecule has 1 aromatic rings. The van der Waals surface area contributed by atoms with Crippen LogP contribution in [0.4, 0.5) is 11.4 Å². The fraction of sp³-hybridized carbons (Fsp3) is 0.462. The Kier molecular flexibility index (Phi) is 4.82. The topological polar surface area (TPSA) is 58.4 Å². The SMILES string of the molecule is CCN(CC)C(=O)C(C)Nc1ccc(N)cc1. The Bertz CT molecular complexity index is 357. The molecule has 0 saturated heterocycles. The lowest BCUT2D eigenvalue weighted by Crippen LogP contribution is -2.41. The van der Waals surface area contributed by atoms with Crippen LogP contribution in [0.25, 0.3) is 0 Å². The molecule has 17 heavy (non-hydrogen) atoms. The first kappa shape index (κ1) is 13.4. The lowest BCUT2D eigenvalue weighted by Gasteiger charge is -2.24. The third-order valence-electron chi connectivity index (χ3n) is 2.74. The zero-order chi connectivity index (χ0) is 12.8. The number of rotatable bonds is 5. The summed E-state index contributed by atoms with van der Waals surface area (Å²) in [7, 11) is 0. The summed E-state index contributed by atoms with van der Waals surface area (Å²) in [4.78, 5) is 13.8. The predicted octanol–water partition coefficient (Wildman–Crippen LogP) is 1.94. The standard InChI is InChI=1S/C13H21N3O/c1-4-16(5-2)13(17)10(3)15-12-8-6-11(14)7-9-12/h6-10,15H,4-5,14H2,1-3H3. The fourth-order valence-electron chi connectivity index (χ4n) is 1.70. The molecule has 0 bridgehead atoms. The smallest absolute Gasteiger partial charge is 0.244 e. The average molecular weight is 235 g/mol. The maximum absolute atomic E-state index is 12.0. The van der Waals surface area contributed by atoms with E-state index in [1.54, 1.807) is 0 Å². The molecule has 0 saturated carbocycles. The zero-order valence-corrected chi connectivity index (χ0v) is 10.7. The highest BCUT2D eigenvalue weighted by atomic mass is 16.2. The van der Waals surface area contributed by atoms with Gasteiger partial charge in [0.1, 0.15) is 6.04 Å². The molecule has 1 atom stereocenters. The summed E-state index contributed by atoms with van der Waals surface area (Å²) in [5, 5.41) is 3.17. The number of benzene rings is 1. The van der Waals surface area contributed by atoms with Crippen molar-refractivity contribution in [1.29, 1.82) is 0 Å². The second kappa shape index (κ2) is 6.13. The van der Waals surface area contributed by atoms with Crippen molar-refractivity contribution < 1.29 is 4.79 Å². The van der Waals surface area contributed by atoms with E-state index in [0.717, 1.165) is 24.5 Å². The maximum Gasteiger partial charge on any atom is 0.244 e. The van der Waals surface area contributed by atoms with Crippen LogP contribution in [-0.2, 0) is 4.79 Å². The molecule has 94 valence electrons. The first-order valence-corrected chi connectivity index (χ1v) is 5.99. The lowest BCUT2D eigenvalue weighted by molar-refractivity contribution is -0.131. The highest BCUT2D eigenvalue weighted by molar-refractivity contribution is 5.84. The second-order valence-corrected chi connectivity index (χ2v) is 4.00. The van der Waals surface area contributed by atoms with Crippen LogP contribution in [0.2, 0.25) is 0 Å². The Labute approximate surface area is 103 Å². The van der Waals surface area contributed by atoms with Gasteiger partial charge in [0.15, 0.2) is 0 Å². The number of hydrogen-bond acceptors (Lipinski definition) is 3. The third kappa shape index (κ3) is 3.66. The Morgan fingerprint density at radius 3 is 2.29 bits per heavy atom. The zero-order valence-electron chi connectivity index (χ0n) is 10.7. The van der Waals surface area contributed by atoms with E-state index in [0.29, 0.717) is 0 Å². The number of amides is 1. The maximum atomic E-state index is 12.0. The van der Waals surface area contributed by atoms with E-state index in [2.05, 4.69) is 5.32 Å². The molecule has 4 nitrogen and oxygen atoms in total. The van der Waals surface area contributed by atoms with Gasteiger partial charge >= 0.3 is 0 Å². The van der Waals surface area contributed by atoms with Gasteiger partial charge in [-0.1, -0.05) is 0 Å². The van der Waals surface area contributed by atoms with Gasteiger partial charge in [-0.15, -0.1) is 0 Å². The van der Waals surface area contributed by atoms with Crippen LogP contribution in [0, 0.1) is 0 Å². The first-order valence-electron chi connectivity index (χ1n) is 5.99. The minimum atomic E-state index is -0.224. The molecule has 0 aliphatic carbocycles. The van der Waals surface area contributed by atoms with Crippen molar-refractivity contribution in [1.82, 2.24) is 4.90 Å². The van der Waals surface area contributed by atoms with Gasteiger partial charge in [0.05, 0.1) is 0 Å². The van der Waals surface area contributed by atoms with Crippen molar-refractivity contribution >= 4 is 17.3 Å². The van der Waals surface area contributed by atoms with E-state index in [-0.39, 0.29) is 11.9 Å². The van der Waals surface area contributed by atoms with Crippen LogP contribution in [0.3, 0.4) is 0 Å². The Morgan fingerprint density at radius 1 is 1.29 bits per heavy atom. The molecule has 3 N–H and O–H groups in total. The van der Waals surface area contributed by atoms with Crippen molar-refractivity contribution in [2.45, 2.75) is 26.8 Å². The van der Waals surface area contributed by atoms with Crippen LogP contribution < -0.4 is 11.1 Å². The van der Waals surface area contributed by atoms with Gasteiger partial charge in [-0.2, -0.15) is 0 Å². The highest BCUT2D eigenvalue weighted by Crippen LogP contribution is 2.12. The molecule has 1 aromatic carbocycles. The number of likely N-dealkylation sites (N-methyl/N-ethyl adjacent to an activating group) is 1.